The maximum atomic E-state index is 10.9. The van der Waals surface area contributed by atoms with Gasteiger partial charge in [0, 0.05) is 18.7 Å². The van der Waals surface area contributed by atoms with E-state index in [1.807, 2.05) is 6.07 Å². The average Bonchev–Trinajstić information content (AvgIpc) is 2.41. The Balaban J connectivity index is 2.14. The van der Waals surface area contributed by atoms with Crippen LogP contribution >= 0.6 is 11.6 Å². The van der Waals surface area contributed by atoms with E-state index in [0.29, 0.717) is 6.04 Å². The Kier molecular flexibility index (Phi) is 4.77. The van der Waals surface area contributed by atoms with Gasteiger partial charge in [-0.05, 0) is 37.4 Å². The lowest BCUT2D eigenvalue weighted by Crippen LogP contribution is -2.38. The van der Waals surface area contributed by atoms with Crippen LogP contribution in [-0.4, -0.2) is 22.4 Å². The second-order valence-corrected chi connectivity index (χ2v) is 5.48. The van der Waals surface area contributed by atoms with Crippen LogP contribution in [0, 0.1) is 10.1 Å². The van der Waals surface area contributed by atoms with Crippen molar-refractivity contribution in [1.29, 1.82) is 0 Å². The third-order valence-corrected chi connectivity index (χ3v) is 4.13. The second-order valence-electron chi connectivity index (χ2n) is 5.07. The molecule has 19 heavy (non-hydrogen) atoms. The molecule has 1 saturated heterocycles. The van der Waals surface area contributed by atoms with Gasteiger partial charge in [0.1, 0.15) is 5.02 Å². The Morgan fingerprint density at radius 1 is 1.47 bits per heavy atom. The lowest BCUT2D eigenvalue weighted by atomic mass is 9.99. The molecule has 0 N–H and O–H groups in total. The summed E-state index contributed by atoms with van der Waals surface area (Å²) in [5.41, 5.74) is 0.973. The highest BCUT2D eigenvalue weighted by Crippen LogP contribution is 2.27. The summed E-state index contributed by atoms with van der Waals surface area (Å²) in [5.74, 6) is 0. The molecule has 1 unspecified atom stereocenters. The van der Waals surface area contributed by atoms with Crippen molar-refractivity contribution in [2.24, 2.45) is 0 Å². The Hall–Kier alpha value is -1.13. The SMILES string of the molecule is CCC1CCCCN1Cc1ccc(Cl)c([N+](=O)[O-])c1. The van der Waals surface area contributed by atoms with Crippen LogP contribution in [-0.2, 0) is 6.54 Å². The lowest BCUT2D eigenvalue weighted by molar-refractivity contribution is -0.384. The number of piperidine rings is 1. The first-order valence-electron chi connectivity index (χ1n) is 6.78. The first-order chi connectivity index (χ1) is 9.11. The van der Waals surface area contributed by atoms with Crippen molar-refractivity contribution in [2.75, 3.05) is 6.54 Å². The molecule has 1 fully saturated rings. The number of halogens is 1. The van der Waals surface area contributed by atoms with Gasteiger partial charge >= 0.3 is 0 Å². The van der Waals surface area contributed by atoms with Gasteiger partial charge in [-0.1, -0.05) is 31.0 Å². The zero-order valence-corrected chi connectivity index (χ0v) is 11.9. The van der Waals surface area contributed by atoms with Crippen molar-refractivity contribution in [3.63, 3.8) is 0 Å². The molecule has 0 amide bonds. The molecule has 2 rings (SSSR count). The van der Waals surface area contributed by atoms with Gasteiger partial charge in [-0.15, -0.1) is 0 Å². The highest BCUT2D eigenvalue weighted by Gasteiger charge is 2.21. The normalized spacial score (nSPS) is 20.4. The quantitative estimate of drug-likeness (QED) is 0.619. The minimum absolute atomic E-state index is 0.00391. The predicted molar refractivity (Wildman–Crippen MR) is 76.4 cm³/mol. The Morgan fingerprint density at radius 3 is 2.95 bits per heavy atom. The van der Waals surface area contributed by atoms with Gasteiger partial charge in [0.15, 0.2) is 0 Å². The third-order valence-electron chi connectivity index (χ3n) is 3.81. The van der Waals surface area contributed by atoms with Crippen molar-refractivity contribution >= 4 is 17.3 Å². The first-order valence-corrected chi connectivity index (χ1v) is 7.16. The molecule has 4 nitrogen and oxygen atoms in total. The molecule has 0 spiro atoms. The van der Waals surface area contributed by atoms with Crippen molar-refractivity contribution in [3.05, 3.63) is 38.9 Å². The number of hydrogen-bond acceptors (Lipinski definition) is 3. The van der Waals surface area contributed by atoms with Gasteiger partial charge in [-0.25, -0.2) is 0 Å². The van der Waals surface area contributed by atoms with Crippen LogP contribution in [0.4, 0.5) is 5.69 Å². The number of rotatable bonds is 4. The number of benzene rings is 1. The topological polar surface area (TPSA) is 46.4 Å². The fourth-order valence-electron chi connectivity index (χ4n) is 2.76. The zero-order valence-electron chi connectivity index (χ0n) is 11.1. The summed E-state index contributed by atoms with van der Waals surface area (Å²) in [6, 6.07) is 5.71. The van der Waals surface area contributed by atoms with Crippen LogP contribution in [0.2, 0.25) is 5.02 Å². The van der Waals surface area contributed by atoms with E-state index in [-0.39, 0.29) is 10.7 Å². The van der Waals surface area contributed by atoms with E-state index >= 15 is 0 Å². The maximum absolute atomic E-state index is 10.9. The van der Waals surface area contributed by atoms with E-state index in [9.17, 15) is 10.1 Å². The van der Waals surface area contributed by atoms with E-state index in [0.717, 1.165) is 25.1 Å². The van der Waals surface area contributed by atoms with E-state index < -0.39 is 4.92 Å². The number of likely N-dealkylation sites (tertiary alicyclic amines) is 1. The number of hydrogen-bond donors (Lipinski definition) is 0. The molecular formula is C14H19ClN2O2. The molecule has 0 saturated carbocycles. The molecule has 1 atom stereocenters. The first kappa shape index (κ1) is 14.3. The summed E-state index contributed by atoms with van der Waals surface area (Å²) in [5, 5.41) is 11.1. The largest absolute Gasteiger partial charge is 0.296 e. The third kappa shape index (κ3) is 3.45. The summed E-state index contributed by atoms with van der Waals surface area (Å²) in [7, 11) is 0. The molecule has 104 valence electrons. The van der Waals surface area contributed by atoms with E-state index in [4.69, 9.17) is 11.6 Å². The maximum Gasteiger partial charge on any atom is 0.288 e. The number of nitrogens with zero attached hydrogens (tertiary/aromatic N) is 2. The van der Waals surface area contributed by atoms with E-state index in [1.54, 1.807) is 12.1 Å². The number of nitro benzene ring substituents is 1. The predicted octanol–water partition coefficient (Wildman–Crippen LogP) is 4.01. The van der Waals surface area contributed by atoms with Gasteiger partial charge < -0.3 is 0 Å². The molecule has 1 aromatic rings. The zero-order chi connectivity index (χ0) is 13.8. The van der Waals surface area contributed by atoms with Gasteiger partial charge in [-0.3, -0.25) is 15.0 Å². The molecule has 1 heterocycles. The Bertz CT molecular complexity index is 465. The van der Waals surface area contributed by atoms with Crippen LogP contribution in [0.1, 0.15) is 38.2 Å². The fraction of sp³-hybridized carbons (Fsp3) is 0.571. The molecule has 0 aliphatic carbocycles. The molecule has 0 radical (unpaired) electrons. The minimum atomic E-state index is -0.417. The van der Waals surface area contributed by atoms with Crippen LogP contribution < -0.4 is 0 Å². The summed E-state index contributed by atoms with van der Waals surface area (Å²) in [4.78, 5) is 12.9. The summed E-state index contributed by atoms with van der Waals surface area (Å²) in [6.07, 6.45) is 4.86. The van der Waals surface area contributed by atoms with Crippen LogP contribution in [0.25, 0.3) is 0 Å². The molecule has 5 heteroatoms. The van der Waals surface area contributed by atoms with Crippen LogP contribution in [0.5, 0.6) is 0 Å². The molecule has 1 aliphatic rings. The van der Waals surface area contributed by atoms with E-state index in [2.05, 4.69) is 11.8 Å². The molecule has 1 aliphatic heterocycles. The lowest BCUT2D eigenvalue weighted by Gasteiger charge is -2.35. The summed E-state index contributed by atoms with van der Waals surface area (Å²) >= 11 is 5.83. The van der Waals surface area contributed by atoms with Crippen LogP contribution in [0.15, 0.2) is 18.2 Å². The van der Waals surface area contributed by atoms with Crippen molar-refractivity contribution < 1.29 is 4.92 Å². The monoisotopic (exact) mass is 282 g/mol. The number of nitro groups is 1. The van der Waals surface area contributed by atoms with Gasteiger partial charge in [0.05, 0.1) is 4.92 Å². The van der Waals surface area contributed by atoms with Crippen molar-refractivity contribution in [2.45, 2.75) is 45.2 Å². The van der Waals surface area contributed by atoms with Crippen LogP contribution in [0.3, 0.4) is 0 Å². The van der Waals surface area contributed by atoms with Gasteiger partial charge in [-0.2, -0.15) is 0 Å². The summed E-state index contributed by atoms with van der Waals surface area (Å²) in [6.45, 7) is 4.05. The molecule has 1 aromatic carbocycles. The smallest absolute Gasteiger partial charge is 0.288 e. The van der Waals surface area contributed by atoms with Gasteiger partial charge in [0.2, 0.25) is 0 Å². The highest BCUT2D eigenvalue weighted by atomic mass is 35.5. The Morgan fingerprint density at radius 2 is 2.26 bits per heavy atom. The molecule has 0 bridgehead atoms. The minimum Gasteiger partial charge on any atom is -0.296 e. The van der Waals surface area contributed by atoms with Crippen molar-refractivity contribution in [3.8, 4) is 0 Å². The average molecular weight is 283 g/mol. The molecular weight excluding hydrogens is 264 g/mol. The summed E-state index contributed by atoms with van der Waals surface area (Å²) < 4.78 is 0. The van der Waals surface area contributed by atoms with E-state index in [1.165, 1.54) is 19.3 Å². The Labute approximate surface area is 118 Å². The van der Waals surface area contributed by atoms with Gasteiger partial charge in [0.25, 0.3) is 5.69 Å². The standard InChI is InChI=1S/C14H19ClN2O2/c1-2-12-5-3-4-8-16(12)10-11-6-7-13(15)14(9-11)17(18)19/h6-7,9,12H,2-5,8,10H2,1H3. The highest BCUT2D eigenvalue weighted by molar-refractivity contribution is 6.32. The van der Waals surface area contributed by atoms with Crippen molar-refractivity contribution in [1.82, 2.24) is 4.90 Å². The fourth-order valence-corrected chi connectivity index (χ4v) is 2.95. The molecule has 0 aromatic heterocycles. The second kappa shape index (κ2) is 6.35.